The number of rotatable bonds is 8. The zero-order valence-electron chi connectivity index (χ0n) is 13.8. The van der Waals surface area contributed by atoms with Crippen molar-refractivity contribution in [1.82, 2.24) is 5.32 Å². The number of carbonyl (C=O) groups is 1. The molecule has 4 nitrogen and oxygen atoms in total. The van der Waals surface area contributed by atoms with Gasteiger partial charge in [-0.15, -0.1) is 0 Å². The second-order valence-electron chi connectivity index (χ2n) is 5.48. The van der Waals surface area contributed by atoms with Gasteiger partial charge >= 0.3 is 6.18 Å². The number of anilines is 1. The van der Waals surface area contributed by atoms with Crippen LogP contribution in [0.4, 0.5) is 23.2 Å². The Morgan fingerprint density at radius 3 is 2.42 bits per heavy atom. The second kappa shape index (κ2) is 9.07. The first-order valence-corrected chi connectivity index (χ1v) is 7.87. The predicted octanol–water partition coefficient (Wildman–Crippen LogP) is 3.54. The van der Waals surface area contributed by atoms with E-state index < -0.39 is 12.8 Å². The van der Waals surface area contributed by atoms with Gasteiger partial charge < -0.3 is 15.4 Å². The van der Waals surface area contributed by atoms with Crippen LogP contribution in [-0.2, 0) is 11.2 Å². The first-order valence-electron chi connectivity index (χ1n) is 7.87. The summed E-state index contributed by atoms with van der Waals surface area (Å²) in [7, 11) is 0. The highest BCUT2D eigenvalue weighted by Crippen LogP contribution is 2.26. The molecule has 8 heteroatoms. The van der Waals surface area contributed by atoms with Crippen molar-refractivity contribution in [1.29, 1.82) is 0 Å². The highest BCUT2D eigenvalue weighted by molar-refractivity contribution is 5.81. The summed E-state index contributed by atoms with van der Waals surface area (Å²) in [4.78, 5) is 11.8. The molecule has 0 aliphatic heterocycles. The third kappa shape index (κ3) is 7.00. The van der Waals surface area contributed by atoms with E-state index in [1.165, 1.54) is 24.3 Å². The van der Waals surface area contributed by atoms with Crippen LogP contribution in [0, 0.1) is 5.82 Å². The van der Waals surface area contributed by atoms with Gasteiger partial charge in [0.2, 0.25) is 5.91 Å². The molecule has 1 amide bonds. The van der Waals surface area contributed by atoms with Crippen molar-refractivity contribution < 1.29 is 27.1 Å². The summed E-state index contributed by atoms with van der Waals surface area (Å²) in [6, 6.07) is 12.0. The largest absolute Gasteiger partial charge is 0.482 e. The Morgan fingerprint density at radius 1 is 1.04 bits per heavy atom. The molecule has 0 aliphatic carbocycles. The van der Waals surface area contributed by atoms with Crippen LogP contribution in [0.3, 0.4) is 0 Å². The molecule has 0 saturated carbocycles. The van der Waals surface area contributed by atoms with Crippen molar-refractivity contribution in [3.8, 4) is 5.75 Å². The van der Waals surface area contributed by atoms with Crippen LogP contribution >= 0.6 is 0 Å². The third-order valence-electron chi connectivity index (χ3n) is 3.37. The molecule has 0 fully saturated rings. The van der Waals surface area contributed by atoms with Crippen LogP contribution in [0.25, 0.3) is 0 Å². The number of benzene rings is 2. The Morgan fingerprint density at radius 2 is 1.73 bits per heavy atom. The Kier molecular flexibility index (Phi) is 6.82. The van der Waals surface area contributed by atoms with Crippen LogP contribution in [0.1, 0.15) is 5.56 Å². The summed E-state index contributed by atoms with van der Waals surface area (Å²) >= 11 is 0. The molecule has 0 saturated heterocycles. The number of amides is 1. The topological polar surface area (TPSA) is 50.4 Å². The van der Waals surface area contributed by atoms with E-state index in [1.54, 1.807) is 24.3 Å². The second-order valence-corrected chi connectivity index (χ2v) is 5.48. The van der Waals surface area contributed by atoms with Crippen LogP contribution in [0.2, 0.25) is 0 Å². The summed E-state index contributed by atoms with van der Waals surface area (Å²) in [5.74, 6) is -0.630. The zero-order valence-corrected chi connectivity index (χ0v) is 13.8. The fourth-order valence-electron chi connectivity index (χ4n) is 2.13. The molecule has 2 aromatic rings. The van der Waals surface area contributed by atoms with E-state index in [0.717, 1.165) is 5.56 Å². The molecule has 0 unspecified atom stereocenters. The zero-order chi connectivity index (χ0) is 19.0. The van der Waals surface area contributed by atoms with Gasteiger partial charge in [0, 0.05) is 6.54 Å². The Hall–Kier alpha value is -2.77. The van der Waals surface area contributed by atoms with Crippen molar-refractivity contribution >= 4 is 11.6 Å². The van der Waals surface area contributed by atoms with E-state index in [9.17, 15) is 22.4 Å². The van der Waals surface area contributed by atoms with Crippen LogP contribution in [0.15, 0.2) is 48.5 Å². The van der Waals surface area contributed by atoms with E-state index >= 15 is 0 Å². The molecular formula is C18H18F4N2O2. The number of halogens is 4. The minimum atomic E-state index is -4.44. The molecule has 2 aromatic carbocycles. The number of hydrogen-bond acceptors (Lipinski definition) is 3. The van der Waals surface area contributed by atoms with Crippen LogP contribution < -0.4 is 15.4 Å². The summed E-state index contributed by atoms with van der Waals surface area (Å²) in [6.07, 6.45) is -3.90. The average Bonchev–Trinajstić information content (AvgIpc) is 2.60. The Bertz CT molecular complexity index is 718. The van der Waals surface area contributed by atoms with Crippen molar-refractivity contribution in [3.05, 3.63) is 59.9 Å². The molecule has 0 aliphatic rings. The lowest BCUT2D eigenvalue weighted by Crippen LogP contribution is -2.31. The maximum atomic E-state index is 12.8. The molecule has 0 bridgehead atoms. The van der Waals surface area contributed by atoms with Gasteiger partial charge in [-0.2, -0.15) is 13.2 Å². The lowest BCUT2D eigenvalue weighted by Gasteiger charge is -2.14. The fraction of sp³-hybridized carbons (Fsp3) is 0.278. The number of hydrogen-bond donors (Lipinski definition) is 2. The predicted molar refractivity (Wildman–Crippen MR) is 89.6 cm³/mol. The minimum absolute atomic E-state index is 0.0175. The highest BCUT2D eigenvalue weighted by Gasteiger charge is 2.28. The van der Waals surface area contributed by atoms with Gasteiger partial charge in [-0.1, -0.05) is 24.3 Å². The smallest absolute Gasteiger partial charge is 0.422 e. The van der Waals surface area contributed by atoms with E-state index in [-0.39, 0.29) is 24.0 Å². The van der Waals surface area contributed by atoms with Crippen molar-refractivity contribution in [3.63, 3.8) is 0 Å². The highest BCUT2D eigenvalue weighted by atomic mass is 19.4. The SMILES string of the molecule is O=C(CNc1ccccc1OCC(F)(F)F)NCCc1ccc(F)cc1. The summed E-state index contributed by atoms with van der Waals surface area (Å²) < 4.78 is 54.3. The van der Waals surface area contributed by atoms with E-state index in [1.807, 2.05) is 0 Å². The number of alkyl halides is 3. The number of para-hydroxylation sites is 2. The molecule has 0 radical (unpaired) electrons. The molecule has 2 N–H and O–H groups in total. The lowest BCUT2D eigenvalue weighted by molar-refractivity contribution is -0.153. The molecule has 2 rings (SSSR count). The fourth-order valence-corrected chi connectivity index (χ4v) is 2.13. The molecule has 0 atom stereocenters. The number of ether oxygens (including phenoxy) is 1. The van der Waals surface area contributed by atoms with Gasteiger partial charge in [-0.3, -0.25) is 4.79 Å². The van der Waals surface area contributed by atoms with Gasteiger partial charge in [0.05, 0.1) is 12.2 Å². The average molecular weight is 370 g/mol. The quantitative estimate of drug-likeness (QED) is 0.699. The van der Waals surface area contributed by atoms with Crippen LogP contribution in [-0.4, -0.2) is 31.8 Å². The van der Waals surface area contributed by atoms with E-state index in [0.29, 0.717) is 18.7 Å². The summed E-state index contributed by atoms with van der Waals surface area (Å²) in [5, 5.41) is 5.43. The van der Waals surface area contributed by atoms with E-state index in [4.69, 9.17) is 4.74 Å². The van der Waals surface area contributed by atoms with Crippen LogP contribution in [0.5, 0.6) is 5.75 Å². The van der Waals surface area contributed by atoms with Gasteiger partial charge in [-0.25, -0.2) is 4.39 Å². The lowest BCUT2D eigenvalue weighted by atomic mass is 10.1. The monoisotopic (exact) mass is 370 g/mol. The first-order chi connectivity index (χ1) is 12.3. The summed E-state index contributed by atoms with van der Waals surface area (Å²) in [5.41, 5.74) is 1.18. The molecule has 26 heavy (non-hydrogen) atoms. The number of nitrogens with one attached hydrogen (secondary N) is 2. The molecule has 0 heterocycles. The maximum Gasteiger partial charge on any atom is 0.422 e. The molecule has 0 spiro atoms. The summed E-state index contributed by atoms with van der Waals surface area (Å²) in [6.45, 7) is -1.16. The van der Waals surface area contributed by atoms with E-state index in [2.05, 4.69) is 10.6 Å². The third-order valence-corrected chi connectivity index (χ3v) is 3.37. The molecule has 0 aromatic heterocycles. The maximum absolute atomic E-state index is 12.8. The number of carbonyl (C=O) groups excluding carboxylic acids is 1. The Labute approximate surface area is 148 Å². The van der Waals surface area contributed by atoms with Crippen molar-refractivity contribution in [2.75, 3.05) is 25.0 Å². The normalized spacial score (nSPS) is 11.1. The first kappa shape index (κ1) is 19.6. The molecular weight excluding hydrogens is 352 g/mol. The van der Waals surface area contributed by atoms with Gasteiger partial charge in [0.15, 0.2) is 6.61 Å². The van der Waals surface area contributed by atoms with Crippen molar-refractivity contribution in [2.24, 2.45) is 0 Å². The van der Waals surface area contributed by atoms with Gasteiger partial charge in [-0.05, 0) is 36.2 Å². The minimum Gasteiger partial charge on any atom is -0.482 e. The van der Waals surface area contributed by atoms with Gasteiger partial charge in [0.25, 0.3) is 0 Å². The standard InChI is InChI=1S/C18H18F4N2O2/c19-14-7-5-13(6-8-14)9-10-23-17(25)11-24-15-3-1-2-4-16(15)26-12-18(20,21)22/h1-8,24H,9-12H2,(H,23,25). The van der Waals surface area contributed by atoms with Gasteiger partial charge in [0.1, 0.15) is 11.6 Å². The van der Waals surface area contributed by atoms with Crippen molar-refractivity contribution in [2.45, 2.75) is 12.6 Å². The Balaban J connectivity index is 1.77. The molecule has 140 valence electrons.